The summed E-state index contributed by atoms with van der Waals surface area (Å²) < 4.78 is 5.83. The van der Waals surface area contributed by atoms with Gasteiger partial charge in [0.2, 0.25) is 5.91 Å². The van der Waals surface area contributed by atoms with Crippen LogP contribution in [-0.4, -0.2) is 55.7 Å². The maximum absolute atomic E-state index is 12.1. The van der Waals surface area contributed by atoms with Crippen LogP contribution in [0.15, 0.2) is 53.5 Å². The van der Waals surface area contributed by atoms with Gasteiger partial charge in [-0.25, -0.2) is 0 Å². The lowest BCUT2D eigenvalue weighted by Crippen LogP contribution is -2.44. The fourth-order valence-corrected chi connectivity index (χ4v) is 4.74. The molecule has 3 unspecified atom stereocenters. The number of carbonyl (C=O) groups excluding carboxylic acids is 1. The van der Waals surface area contributed by atoms with E-state index in [4.69, 9.17) is 4.74 Å². The molecule has 0 bridgehead atoms. The number of nitrogens with zero attached hydrogens (tertiary/aromatic N) is 2. The first-order valence-corrected chi connectivity index (χ1v) is 11.8. The Balaban J connectivity index is 1.26. The molecule has 2 aromatic carbocycles. The molecule has 1 saturated heterocycles. The van der Waals surface area contributed by atoms with Crippen molar-refractivity contribution in [1.29, 1.82) is 0 Å². The summed E-state index contributed by atoms with van der Waals surface area (Å²) in [5, 5.41) is 9.72. The van der Waals surface area contributed by atoms with E-state index in [1.165, 1.54) is 16.7 Å². The molecule has 33 heavy (non-hydrogen) atoms. The summed E-state index contributed by atoms with van der Waals surface area (Å²) in [4.78, 5) is 18.9. The molecule has 176 valence electrons. The number of ether oxygens (including phenoxy) is 1. The number of morpholine rings is 1. The van der Waals surface area contributed by atoms with Crippen LogP contribution in [0.4, 0.5) is 5.69 Å². The van der Waals surface area contributed by atoms with Crippen LogP contribution in [0, 0.1) is 0 Å². The molecule has 7 nitrogen and oxygen atoms in total. The van der Waals surface area contributed by atoms with Gasteiger partial charge in [-0.05, 0) is 36.6 Å². The second-order valence-electron chi connectivity index (χ2n) is 9.11. The molecule has 0 aromatic heterocycles. The maximum atomic E-state index is 12.1. The zero-order valence-electron chi connectivity index (χ0n) is 19.8. The van der Waals surface area contributed by atoms with Gasteiger partial charge in [0.25, 0.3) is 0 Å². The van der Waals surface area contributed by atoms with E-state index in [1.54, 1.807) is 7.05 Å². The molecule has 2 heterocycles. The van der Waals surface area contributed by atoms with Gasteiger partial charge in [0.1, 0.15) is 0 Å². The highest BCUT2D eigenvalue weighted by molar-refractivity contribution is 5.94. The van der Waals surface area contributed by atoms with Crippen LogP contribution in [-0.2, 0) is 22.6 Å². The Morgan fingerprint density at radius 1 is 1.06 bits per heavy atom. The van der Waals surface area contributed by atoms with Gasteiger partial charge in [-0.1, -0.05) is 42.5 Å². The molecule has 2 aliphatic rings. The monoisotopic (exact) mass is 449 g/mol. The summed E-state index contributed by atoms with van der Waals surface area (Å²) in [7, 11) is 1.77. The number of benzene rings is 2. The lowest BCUT2D eigenvalue weighted by molar-refractivity contribution is -0.116. The smallest absolute Gasteiger partial charge is 0.225 e. The number of fused-ring (bicyclic) bond motifs is 1. The van der Waals surface area contributed by atoms with Gasteiger partial charge in [-0.3, -0.25) is 14.7 Å². The first-order valence-electron chi connectivity index (χ1n) is 11.8. The predicted molar refractivity (Wildman–Crippen MR) is 132 cm³/mol. The lowest BCUT2D eigenvalue weighted by atomic mass is 9.90. The molecule has 0 spiro atoms. The SMILES string of the molecule is CN=C(NCc1ccc(CN2CC(C)OC(C)C2)cc1)NCC1CC(=O)Nc2ccccc21. The highest BCUT2D eigenvalue weighted by Crippen LogP contribution is 2.31. The van der Waals surface area contributed by atoms with E-state index in [0.29, 0.717) is 19.5 Å². The number of hydrogen-bond acceptors (Lipinski definition) is 4. The lowest BCUT2D eigenvalue weighted by Gasteiger charge is -2.35. The number of guanidine groups is 1. The standard InChI is InChI=1S/C26H35N5O2/c1-18-15-31(16-19(2)33-18)17-21-10-8-20(9-11-21)13-28-26(27-3)29-14-22-12-25(32)30-24-7-5-4-6-23(22)24/h4-11,18-19,22H,12-17H2,1-3H3,(H,30,32)(H2,27,28,29). The Bertz CT molecular complexity index is 965. The second kappa shape index (κ2) is 10.8. The van der Waals surface area contributed by atoms with Crippen LogP contribution in [0.5, 0.6) is 0 Å². The van der Waals surface area contributed by atoms with Crippen LogP contribution in [0.1, 0.15) is 42.9 Å². The normalized spacial score (nSPS) is 23.5. The van der Waals surface area contributed by atoms with Crippen LogP contribution in [0.2, 0.25) is 0 Å². The van der Waals surface area contributed by atoms with Crippen LogP contribution in [0.3, 0.4) is 0 Å². The molecular weight excluding hydrogens is 414 g/mol. The van der Waals surface area contributed by atoms with E-state index in [9.17, 15) is 4.79 Å². The van der Waals surface area contributed by atoms with Crippen molar-refractivity contribution in [2.45, 2.75) is 51.5 Å². The molecule has 3 atom stereocenters. The second-order valence-corrected chi connectivity index (χ2v) is 9.11. The number of nitrogens with one attached hydrogen (secondary N) is 3. The molecule has 1 amide bonds. The van der Waals surface area contributed by atoms with Gasteiger partial charge >= 0.3 is 0 Å². The summed E-state index contributed by atoms with van der Waals surface area (Å²) in [6, 6.07) is 16.7. The third kappa shape index (κ3) is 6.33. The number of aliphatic imine (C=N–C) groups is 1. The number of amides is 1. The molecule has 0 aliphatic carbocycles. The Kier molecular flexibility index (Phi) is 7.62. The minimum atomic E-state index is 0.0598. The van der Waals surface area contributed by atoms with Crippen molar-refractivity contribution < 1.29 is 9.53 Å². The largest absolute Gasteiger partial charge is 0.373 e. The number of anilines is 1. The average Bonchev–Trinajstić information content (AvgIpc) is 2.79. The summed E-state index contributed by atoms with van der Waals surface area (Å²) in [5.41, 5.74) is 4.59. The van der Waals surface area contributed by atoms with Gasteiger partial charge in [-0.2, -0.15) is 0 Å². The van der Waals surface area contributed by atoms with E-state index in [1.807, 2.05) is 18.2 Å². The van der Waals surface area contributed by atoms with Crippen LogP contribution < -0.4 is 16.0 Å². The Morgan fingerprint density at radius 3 is 2.48 bits per heavy atom. The molecule has 2 aromatic rings. The van der Waals surface area contributed by atoms with E-state index < -0.39 is 0 Å². The van der Waals surface area contributed by atoms with Crippen molar-refractivity contribution in [3.8, 4) is 0 Å². The molecule has 7 heteroatoms. The van der Waals surface area contributed by atoms with E-state index >= 15 is 0 Å². The molecule has 4 rings (SSSR count). The quantitative estimate of drug-likeness (QED) is 0.467. The number of para-hydroxylation sites is 1. The predicted octanol–water partition coefficient (Wildman–Crippen LogP) is 3.09. The average molecular weight is 450 g/mol. The summed E-state index contributed by atoms with van der Waals surface area (Å²) >= 11 is 0. The number of hydrogen-bond donors (Lipinski definition) is 3. The summed E-state index contributed by atoms with van der Waals surface area (Å²) in [6.45, 7) is 8.52. The molecule has 0 radical (unpaired) electrons. The van der Waals surface area contributed by atoms with Crippen molar-refractivity contribution in [1.82, 2.24) is 15.5 Å². The highest BCUT2D eigenvalue weighted by Gasteiger charge is 2.25. The molecular formula is C26H35N5O2. The highest BCUT2D eigenvalue weighted by atomic mass is 16.5. The summed E-state index contributed by atoms with van der Waals surface area (Å²) in [5.74, 6) is 0.918. The van der Waals surface area contributed by atoms with E-state index in [-0.39, 0.29) is 24.0 Å². The van der Waals surface area contributed by atoms with E-state index in [0.717, 1.165) is 31.3 Å². The number of rotatable bonds is 6. The van der Waals surface area contributed by atoms with Gasteiger partial charge in [-0.15, -0.1) is 0 Å². The van der Waals surface area contributed by atoms with Gasteiger partial charge in [0, 0.05) is 57.8 Å². The van der Waals surface area contributed by atoms with Gasteiger partial charge in [0.05, 0.1) is 12.2 Å². The van der Waals surface area contributed by atoms with Gasteiger partial charge in [0.15, 0.2) is 5.96 Å². The van der Waals surface area contributed by atoms with E-state index in [2.05, 4.69) is 70.0 Å². The van der Waals surface area contributed by atoms with Gasteiger partial charge < -0.3 is 20.7 Å². The first-order chi connectivity index (χ1) is 16.0. The Morgan fingerprint density at radius 2 is 1.76 bits per heavy atom. The topological polar surface area (TPSA) is 78.0 Å². The fourth-order valence-electron chi connectivity index (χ4n) is 4.74. The third-order valence-electron chi connectivity index (χ3n) is 6.23. The molecule has 2 aliphatic heterocycles. The first kappa shape index (κ1) is 23.3. The van der Waals surface area contributed by atoms with Crippen molar-refractivity contribution in [2.24, 2.45) is 4.99 Å². The Labute approximate surface area is 196 Å². The van der Waals surface area contributed by atoms with Crippen molar-refractivity contribution >= 4 is 17.6 Å². The minimum absolute atomic E-state index is 0.0598. The van der Waals surface area contributed by atoms with Crippen LogP contribution >= 0.6 is 0 Å². The molecule has 0 saturated carbocycles. The zero-order chi connectivity index (χ0) is 23.2. The van der Waals surface area contributed by atoms with Crippen molar-refractivity contribution in [2.75, 3.05) is 32.0 Å². The maximum Gasteiger partial charge on any atom is 0.225 e. The number of carbonyl (C=O) groups is 1. The minimum Gasteiger partial charge on any atom is -0.373 e. The third-order valence-corrected chi connectivity index (χ3v) is 6.23. The fraction of sp³-hybridized carbons (Fsp3) is 0.462. The van der Waals surface area contributed by atoms with Crippen molar-refractivity contribution in [3.05, 3.63) is 65.2 Å². The Hall–Kier alpha value is -2.90. The zero-order valence-corrected chi connectivity index (χ0v) is 19.8. The van der Waals surface area contributed by atoms with Crippen molar-refractivity contribution in [3.63, 3.8) is 0 Å². The van der Waals surface area contributed by atoms with Crippen LogP contribution in [0.25, 0.3) is 0 Å². The summed E-state index contributed by atoms with van der Waals surface area (Å²) in [6.07, 6.45) is 1.05. The molecule has 1 fully saturated rings. The molecule has 3 N–H and O–H groups in total.